The van der Waals surface area contributed by atoms with Crippen LogP contribution in [-0.4, -0.2) is 66.3 Å². The average molecular weight is 493 g/mol. The van der Waals surface area contributed by atoms with E-state index in [1.165, 1.54) is 5.56 Å². The van der Waals surface area contributed by atoms with E-state index in [1.807, 2.05) is 18.2 Å². The Labute approximate surface area is 203 Å². The maximum absolute atomic E-state index is 12.5. The van der Waals surface area contributed by atoms with E-state index in [0.29, 0.717) is 35.5 Å². The van der Waals surface area contributed by atoms with Crippen LogP contribution in [0.15, 0.2) is 48.5 Å². The van der Waals surface area contributed by atoms with Crippen LogP contribution in [0, 0.1) is 5.92 Å². The van der Waals surface area contributed by atoms with Crippen LogP contribution in [0.25, 0.3) is 0 Å². The molecule has 1 saturated heterocycles. The molecular weight excluding hydrogens is 464 g/mol. The number of rotatable bonds is 8. The van der Waals surface area contributed by atoms with Gasteiger partial charge in [-0.15, -0.1) is 0 Å². The molecule has 9 nitrogen and oxygen atoms in total. The fraction of sp³-hybridized carbons (Fsp3) is 0.375. The van der Waals surface area contributed by atoms with Crippen LogP contribution >= 0.6 is 11.6 Å². The SMILES string of the molecule is COc1ccc(Cl)cc1NC(=O)CN1CCCC(COCc2ccccc2)C1.O=C(O)C(=O)O. The predicted octanol–water partition coefficient (Wildman–Crippen LogP) is 3.37. The zero-order valence-electron chi connectivity index (χ0n) is 18.9. The van der Waals surface area contributed by atoms with Gasteiger partial charge in [-0.2, -0.15) is 0 Å². The Hall–Kier alpha value is -3.14. The van der Waals surface area contributed by atoms with Gasteiger partial charge >= 0.3 is 11.9 Å². The summed E-state index contributed by atoms with van der Waals surface area (Å²) in [7, 11) is 1.57. The minimum absolute atomic E-state index is 0.0635. The lowest BCUT2D eigenvalue weighted by molar-refractivity contribution is -0.159. The van der Waals surface area contributed by atoms with Gasteiger partial charge in [-0.05, 0) is 49.1 Å². The standard InChI is InChI=1S/C22H27ClN2O3.C2H2O4/c1-27-21-10-9-19(23)12-20(21)24-22(26)14-25-11-5-8-18(13-25)16-28-15-17-6-3-2-4-7-17;3-1(4)2(5)6/h2-4,6-7,9-10,12,18H,5,8,11,13-16H2,1H3,(H,24,26);(H,3,4)(H,5,6). The molecule has 1 aliphatic rings. The molecule has 0 spiro atoms. The molecule has 0 aliphatic carbocycles. The van der Waals surface area contributed by atoms with E-state index in [2.05, 4.69) is 22.3 Å². The van der Waals surface area contributed by atoms with Crippen LogP contribution in [0.2, 0.25) is 5.02 Å². The van der Waals surface area contributed by atoms with Gasteiger partial charge in [0.2, 0.25) is 5.91 Å². The number of aliphatic carboxylic acids is 2. The van der Waals surface area contributed by atoms with Crippen molar-refractivity contribution in [3.05, 3.63) is 59.1 Å². The zero-order chi connectivity index (χ0) is 24.9. The van der Waals surface area contributed by atoms with Crippen molar-refractivity contribution in [1.82, 2.24) is 4.90 Å². The first-order valence-corrected chi connectivity index (χ1v) is 11.1. The van der Waals surface area contributed by atoms with E-state index < -0.39 is 11.9 Å². The lowest BCUT2D eigenvalue weighted by Crippen LogP contribution is -2.41. The van der Waals surface area contributed by atoms with Crippen molar-refractivity contribution >= 4 is 35.1 Å². The number of benzene rings is 2. The molecule has 3 N–H and O–H groups in total. The number of methoxy groups -OCH3 is 1. The Bertz CT molecular complexity index is 944. The maximum atomic E-state index is 12.5. The molecule has 1 heterocycles. The highest BCUT2D eigenvalue weighted by Gasteiger charge is 2.22. The third-order valence-corrected chi connectivity index (χ3v) is 5.29. The number of hydrogen-bond acceptors (Lipinski definition) is 6. The van der Waals surface area contributed by atoms with Crippen molar-refractivity contribution < 1.29 is 34.1 Å². The largest absolute Gasteiger partial charge is 0.495 e. The summed E-state index contributed by atoms with van der Waals surface area (Å²) >= 11 is 6.03. The molecule has 1 amide bonds. The number of anilines is 1. The van der Waals surface area contributed by atoms with Crippen LogP contribution in [0.4, 0.5) is 5.69 Å². The first-order chi connectivity index (χ1) is 16.3. The fourth-order valence-electron chi connectivity index (χ4n) is 3.52. The number of hydrogen-bond donors (Lipinski definition) is 3. The number of halogens is 1. The minimum atomic E-state index is -1.82. The van der Waals surface area contributed by atoms with Crippen LogP contribution in [0.3, 0.4) is 0 Å². The average Bonchev–Trinajstić information content (AvgIpc) is 2.80. The molecule has 0 aromatic heterocycles. The van der Waals surface area contributed by atoms with Gasteiger partial charge in [0.15, 0.2) is 0 Å². The quantitative estimate of drug-likeness (QED) is 0.479. The fourth-order valence-corrected chi connectivity index (χ4v) is 3.69. The number of carboxylic acids is 2. The Morgan fingerprint density at radius 3 is 2.47 bits per heavy atom. The number of ether oxygens (including phenoxy) is 2. The Morgan fingerprint density at radius 1 is 1.12 bits per heavy atom. The van der Waals surface area contributed by atoms with Crippen molar-refractivity contribution in [3.63, 3.8) is 0 Å². The number of amides is 1. The van der Waals surface area contributed by atoms with E-state index in [9.17, 15) is 4.79 Å². The molecule has 10 heteroatoms. The van der Waals surface area contributed by atoms with E-state index in [1.54, 1.807) is 25.3 Å². The second kappa shape index (κ2) is 14.2. The normalized spacial score (nSPS) is 15.5. The molecular formula is C24H29ClN2O7. The van der Waals surface area contributed by atoms with Gasteiger partial charge in [0.25, 0.3) is 0 Å². The van der Waals surface area contributed by atoms with Crippen molar-refractivity contribution in [2.45, 2.75) is 19.4 Å². The number of nitrogens with zero attached hydrogens (tertiary/aromatic N) is 1. The highest BCUT2D eigenvalue weighted by Crippen LogP contribution is 2.27. The first kappa shape index (κ1) is 27.1. The molecule has 1 unspecified atom stereocenters. The summed E-state index contributed by atoms with van der Waals surface area (Å²) in [6, 6.07) is 15.4. The second-order valence-electron chi connectivity index (χ2n) is 7.75. The van der Waals surface area contributed by atoms with Gasteiger partial charge in [0.05, 0.1) is 32.6 Å². The highest BCUT2D eigenvalue weighted by molar-refractivity contribution is 6.31. The molecule has 3 rings (SSSR count). The van der Waals surface area contributed by atoms with E-state index in [0.717, 1.165) is 32.5 Å². The third kappa shape index (κ3) is 9.78. The summed E-state index contributed by atoms with van der Waals surface area (Å²) < 4.78 is 11.2. The number of carbonyl (C=O) groups excluding carboxylic acids is 1. The number of carboxylic acid groups (broad SMARTS) is 2. The van der Waals surface area contributed by atoms with Crippen molar-refractivity contribution in [2.75, 3.05) is 38.7 Å². The first-order valence-electron chi connectivity index (χ1n) is 10.7. The minimum Gasteiger partial charge on any atom is -0.495 e. The van der Waals surface area contributed by atoms with Crippen LogP contribution in [0.5, 0.6) is 5.75 Å². The van der Waals surface area contributed by atoms with Crippen LogP contribution in [0.1, 0.15) is 18.4 Å². The van der Waals surface area contributed by atoms with Crippen LogP contribution < -0.4 is 10.1 Å². The zero-order valence-corrected chi connectivity index (χ0v) is 19.7. The summed E-state index contributed by atoms with van der Waals surface area (Å²) in [5.74, 6) is -2.66. The van der Waals surface area contributed by atoms with Gasteiger partial charge in [0, 0.05) is 11.6 Å². The molecule has 34 heavy (non-hydrogen) atoms. The van der Waals surface area contributed by atoms with Gasteiger partial charge in [0.1, 0.15) is 5.75 Å². The third-order valence-electron chi connectivity index (χ3n) is 5.05. The summed E-state index contributed by atoms with van der Waals surface area (Å²) in [6.45, 7) is 3.50. The molecule has 1 fully saturated rings. The molecule has 2 aromatic carbocycles. The second-order valence-corrected chi connectivity index (χ2v) is 8.18. The van der Waals surface area contributed by atoms with Crippen LogP contribution in [-0.2, 0) is 25.7 Å². The van der Waals surface area contributed by atoms with E-state index in [4.69, 9.17) is 40.9 Å². The van der Waals surface area contributed by atoms with Gasteiger partial charge in [-0.1, -0.05) is 41.9 Å². The van der Waals surface area contributed by atoms with E-state index >= 15 is 0 Å². The summed E-state index contributed by atoms with van der Waals surface area (Å²) in [5.41, 5.74) is 1.78. The van der Waals surface area contributed by atoms with Gasteiger partial charge in [-0.25, -0.2) is 9.59 Å². The molecule has 0 saturated carbocycles. The topological polar surface area (TPSA) is 125 Å². The van der Waals surface area contributed by atoms with Gasteiger partial charge in [-0.3, -0.25) is 9.69 Å². The lowest BCUT2D eigenvalue weighted by atomic mass is 9.99. The number of piperidine rings is 1. The van der Waals surface area contributed by atoms with Gasteiger partial charge < -0.3 is 25.0 Å². The maximum Gasteiger partial charge on any atom is 0.414 e. The predicted molar refractivity (Wildman–Crippen MR) is 127 cm³/mol. The summed E-state index contributed by atoms with van der Waals surface area (Å²) in [5, 5.41) is 18.3. The number of likely N-dealkylation sites (tertiary alicyclic amines) is 1. The number of carbonyl (C=O) groups is 3. The molecule has 0 bridgehead atoms. The highest BCUT2D eigenvalue weighted by atomic mass is 35.5. The smallest absolute Gasteiger partial charge is 0.414 e. The Kier molecular flexibility index (Phi) is 11.3. The molecule has 1 aliphatic heterocycles. The van der Waals surface area contributed by atoms with Crippen molar-refractivity contribution in [1.29, 1.82) is 0 Å². The molecule has 0 radical (unpaired) electrons. The Balaban J connectivity index is 0.000000604. The Morgan fingerprint density at radius 2 is 1.82 bits per heavy atom. The molecule has 1 atom stereocenters. The van der Waals surface area contributed by atoms with E-state index in [-0.39, 0.29) is 5.91 Å². The van der Waals surface area contributed by atoms with Crippen molar-refractivity contribution in [2.24, 2.45) is 5.92 Å². The van der Waals surface area contributed by atoms with Crippen molar-refractivity contribution in [3.8, 4) is 5.75 Å². The molecule has 184 valence electrons. The number of nitrogens with one attached hydrogen (secondary N) is 1. The monoisotopic (exact) mass is 492 g/mol. The lowest BCUT2D eigenvalue weighted by Gasteiger charge is -2.32. The molecule has 2 aromatic rings. The summed E-state index contributed by atoms with van der Waals surface area (Å²) in [4.78, 5) is 32.9. The summed E-state index contributed by atoms with van der Waals surface area (Å²) in [6.07, 6.45) is 2.21.